The zero-order chi connectivity index (χ0) is 12.4. The fourth-order valence-corrected chi connectivity index (χ4v) is 2.40. The zero-order valence-corrected chi connectivity index (χ0v) is 10.1. The van der Waals surface area contributed by atoms with E-state index < -0.39 is 11.6 Å². The molecule has 17 heavy (non-hydrogen) atoms. The fraction of sp³-hybridized carbons (Fsp3) is 0.500. The van der Waals surface area contributed by atoms with Gasteiger partial charge in [-0.2, -0.15) is 0 Å². The first-order valence-electron chi connectivity index (χ1n) is 5.73. The standard InChI is InChI=1S/C12H15ClF2N2/c13-10-5-7(14)6-11(15)12(10)17-9-3-1-8(16)2-4-9/h5-6,8-9,17H,1-4,16H2. The highest BCUT2D eigenvalue weighted by molar-refractivity contribution is 6.33. The number of nitrogens with two attached hydrogens (primary N) is 1. The quantitative estimate of drug-likeness (QED) is 0.856. The largest absolute Gasteiger partial charge is 0.379 e. The van der Waals surface area contributed by atoms with E-state index >= 15 is 0 Å². The van der Waals surface area contributed by atoms with Gasteiger partial charge in [0, 0.05) is 18.2 Å². The van der Waals surface area contributed by atoms with Crippen LogP contribution in [0.25, 0.3) is 0 Å². The van der Waals surface area contributed by atoms with Gasteiger partial charge in [0.2, 0.25) is 0 Å². The van der Waals surface area contributed by atoms with Crippen LogP contribution in [0.1, 0.15) is 25.7 Å². The second-order valence-electron chi connectivity index (χ2n) is 4.50. The normalized spacial score (nSPS) is 24.7. The van der Waals surface area contributed by atoms with Crippen molar-refractivity contribution in [3.8, 4) is 0 Å². The average molecular weight is 261 g/mol. The highest BCUT2D eigenvalue weighted by atomic mass is 35.5. The predicted octanol–water partition coefficient (Wildman–Crippen LogP) is 3.30. The van der Waals surface area contributed by atoms with Crippen molar-refractivity contribution in [2.45, 2.75) is 37.8 Å². The highest BCUT2D eigenvalue weighted by Gasteiger charge is 2.20. The first-order valence-corrected chi connectivity index (χ1v) is 6.10. The zero-order valence-electron chi connectivity index (χ0n) is 9.35. The molecule has 0 heterocycles. The Bertz CT molecular complexity index is 380. The van der Waals surface area contributed by atoms with E-state index in [0.717, 1.165) is 37.8 Å². The maximum Gasteiger partial charge on any atom is 0.150 e. The summed E-state index contributed by atoms with van der Waals surface area (Å²) in [5, 5.41) is 3.12. The molecule has 0 atom stereocenters. The Hall–Kier alpha value is -0.870. The van der Waals surface area contributed by atoms with E-state index in [0.29, 0.717) is 0 Å². The molecule has 1 fully saturated rings. The molecule has 0 aromatic heterocycles. The summed E-state index contributed by atoms with van der Waals surface area (Å²) >= 11 is 5.82. The van der Waals surface area contributed by atoms with Crippen molar-refractivity contribution in [1.82, 2.24) is 0 Å². The van der Waals surface area contributed by atoms with E-state index in [4.69, 9.17) is 17.3 Å². The van der Waals surface area contributed by atoms with Gasteiger partial charge in [-0.15, -0.1) is 0 Å². The lowest BCUT2D eigenvalue weighted by Gasteiger charge is -2.28. The Morgan fingerprint density at radius 2 is 1.82 bits per heavy atom. The van der Waals surface area contributed by atoms with E-state index in [1.807, 2.05) is 0 Å². The molecule has 2 nitrogen and oxygen atoms in total. The summed E-state index contributed by atoms with van der Waals surface area (Å²) in [7, 11) is 0. The van der Waals surface area contributed by atoms with Gasteiger partial charge in [0.05, 0.1) is 10.7 Å². The number of hydrogen-bond acceptors (Lipinski definition) is 2. The Balaban J connectivity index is 2.08. The van der Waals surface area contributed by atoms with Gasteiger partial charge in [0.15, 0.2) is 5.82 Å². The van der Waals surface area contributed by atoms with Crippen LogP contribution in [-0.4, -0.2) is 12.1 Å². The molecular weight excluding hydrogens is 246 g/mol. The number of benzene rings is 1. The molecule has 3 N–H and O–H groups in total. The minimum absolute atomic E-state index is 0.0809. The maximum absolute atomic E-state index is 13.5. The van der Waals surface area contributed by atoms with Crippen LogP contribution < -0.4 is 11.1 Å². The topological polar surface area (TPSA) is 38.0 Å². The molecule has 1 aromatic carbocycles. The SMILES string of the molecule is NC1CCC(Nc2c(F)cc(F)cc2Cl)CC1. The van der Waals surface area contributed by atoms with Crippen LogP contribution in [0, 0.1) is 11.6 Å². The third kappa shape index (κ3) is 3.07. The van der Waals surface area contributed by atoms with Crippen molar-refractivity contribution in [3.05, 3.63) is 28.8 Å². The molecule has 0 bridgehead atoms. The van der Waals surface area contributed by atoms with Crippen LogP contribution in [-0.2, 0) is 0 Å². The molecule has 94 valence electrons. The van der Waals surface area contributed by atoms with Gasteiger partial charge in [-0.05, 0) is 31.7 Å². The van der Waals surface area contributed by atoms with E-state index in [9.17, 15) is 8.78 Å². The number of rotatable bonds is 2. The van der Waals surface area contributed by atoms with Gasteiger partial charge < -0.3 is 11.1 Å². The van der Waals surface area contributed by atoms with E-state index in [-0.39, 0.29) is 22.8 Å². The van der Waals surface area contributed by atoms with Gasteiger partial charge in [-0.1, -0.05) is 11.6 Å². The molecule has 1 aliphatic rings. The fourth-order valence-electron chi connectivity index (χ4n) is 2.15. The second-order valence-corrected chi connectivity index (χ2v) is 4.91. The molecule has 1 saturated carbocycles. The summed E-state index contributed by atoms with van der Waals surface area (Å²) in [5.74, 6) is -1.31. The van der Waals surface area contributed by atoms with E-state index in [1.54, 1.807) is 0 Å². The third-order valence-electron chi connectivity index (χ3n) is 3.13. The van der Waals surface area contributed by atoms with E-state index in [2.05, 4.69) is 5.32 Å². The molecule has 1 aromatic rings. The first-order chi connectivity index (χ1) is 8.06. The number of nitrogens with one attached hydrogen (secondary N) is 1. The second kappa shape index (κ2) is 5.19. The molecule has 0 saturated heterocycles. The van der Waals surface area contributed by atoms with Crippen molar-refractivity contribution in [1.29, 1.82) is 0 Å². The Labute approximate surface area is 104 Å². The molecule has 0 aliphatic heterocycles. The van der Waals surface area contributed by atoms with Crippen LogP contribution >= 0.6 is 11.6 Å². The average Bonchev–Trinajstić information content (AvgIpc) is 2.26. The molecule has 0 amide bonds. The van der Waals surface area contributed by atoms with Crippen molar-refractivity contribution >= 4 is 17.3 Å². The van der Waals surface area contributed by atoms with Crippen LogP contribution in [0.4, 0.5) is 14.5 Å². The molecular formula is C12H15ClF2N2. The van der Waals surface area contributed by atoms with Gasteiger partial charge in [-0.3, -0.25) is 0 Å². The van der Waals surface area contributed by atoms with Crippen LogP contribution in [0.3, 0.4) is 0 Å². The van der Waals surface area contributed by atoms with Gasteiger partial charge >= 0.3 is 0 Å². The predicted molar refractivity (Wildman–Crippen MR) is 65.2 cm³/mol. The first kappa shape index (κ1) is 12.6. The van der Waals surface area contributed by atoms with Gasteiger partial charge in [0.25, 0.3) is 0 Å². The molecule has 0 spiro atoms. The number of anilines is 1. The monoisotopic (exact) mass is 260 g/mol. The van der Waals surface area contributed by atoms with Crippen molar-refractivity contribution < 1.29 is 8.78 Å². The minimum Gasteiger partial charge on any atom is -0.379 e. The Morgan fingerprint density at radius 1 is 1.18 bits per heavy atom. The lowest BCUT2D eigenvalue weighted by Crippen LogP contribution is -2.33. The van der Waals surface area contributed by atoms with Crippen LogP contribution in [0.5, 0.6) is 0 Å². The van der Waals surface area contributed by atoms with Crippen molar-refractivity contribution in [2.75, 3.05) is 5.32 Å². The molecule has 1 aliphatic carbocycles. The van der Waals surface area contributed by atoms with Crippen molar-refractivity contribution in [3.63, 3.8) is 0 Å². The lowest BCUT2D eigenvalue weighted by molar-refractivity contribution is 0.410. The third-order valence-corrected chi connectivity index (χ3v) is 3.43. The molecule has 0 radical (unpaired) electrons. The summed E-state index contributed by atoms with van der Waals surface area (Å²) in [6, 6.07) is 2.35. The van der Waals surface area contributed by atoms with Crippen LogP contribution in [0.15, 0.2) is 12.1 Å². The van der Waals surface area contributed by atoms with Gasteiger partial charge in [0.1, 0.15) is 5.82 Å². The number of halogens is 3. The van der Waals surface area contributed by atoms with Gasteiger partial charge in [-0.25, -0.2) is 8.78 Å². The van der Waals surface area contributed by atoms with Crippen molar-refractivity contribution in [2.24, 2.45) is 5.73 Å². The highest BCUT2D eigenvalue weighted by Crippen LogP contribution is 2.29. The summed E-state index contributed by atoms with van der Waals surface area (Å²) in [6.45, 7) is 0. The Morgan fingerprint density at radius 3 is 2.41 bits per heavy atom. The summed E-state index contributed by atoms with van der Waals surface area (Å²) in [4.78, 5) is 0. The van der Waals surface area contributed by atoms with Crippen LogP contribution in [0.2, 0.25) is 5.02 Å². The molecule has 5 heteroatoms. The maximum atomic E-state index is 13.5. The summed E-state index contributed by atoms with van der Waals surface area (Å²) in [5.41, 5.74) is 5.98. The molecule has 0 unspecified atom stereocenters. The summed E-state index contributed by atoms with van der Waals surface area (Å²) in [6.07, 6.45) is 3.60. The smallest absolute Gasteiger partial charge is 0.150 e. The molecule has 2 rings (SSSR count). The Kier molecular flexibility index (Phi) is 3.84. The van der Waals surface area contributed by atoms with E-state index in [1.165, 1.54) is 0 Å². The minimum atomic E-state index is -0.663. The lowest BCUT2D eigenvalue weighted by atomic mass is 9.91. The number of hydrogen-bond donors (Lipinski definition) is 2. The summed E-state index contributed by atoms with van der Waals surface area (Å²) < 4.78 is 26.4.